The fraction of sp³-hybridized carbons (Fsp3) is 0.571. The molecule has 0 spiro atoms. The molecule has 0 aromatic heterocycles. The Bertz CT molecular complexity index is 403. The summed E-state index contributed by atoms with van der Waals surface area (Å²) in [7, 11) is 1.88. The molecule has 4 heteroatoms. The van der Waals surface area contributed by atoms with Gasteiger partial charge in [-0.2, -0.15) is 0 Å². The summed E-state index contributed by atoms with van der Waals surface area (Å²) in [6, 6.07) is 5.58. The van der Waals surface area contributed by atoms with Gasteiger partial charge in [-0.05, 0) is 38.1 Å². The smallest absolute Gasteiger partial charge is 0.124 e. The van der Waals surface area contributed by atoms with Gasteiger partial charge in [0.15, 0.2) is 0 Å². The lowest BCUT2D eigenvalue weighted by Gasteiger charge is -2.23. The molecule has 0 amide bonds. The molecule has 1 aromatic carbocycles. The van der Waals surface area contributed by atoms with Crippen molar-refractivity contribution in [3.05, 3.63) is 28.8 Å². The van der Waals surface area contributed by atoms with Crippen LogP contribution >= 0.6 is 11.6 Å². The summed E-state index contributed by atoms with van der Waals surface area (Å²) in [6.45, 7) is 1.07. The predicted octanol–water partition coefficient (Wildman–Crippen LogP) is 2.74. The van der Waals surface area contributed by atoms with Crippen LogP contribution in [0.5, 0.6) is 5.75 Å². The summed E-state index contributed by atoms with van der Waals surface area (Å²) >= 11 is 5.97. The molecule has 3 nitrogen and oxygen atoms in total. The number of hydrogen-bond acceptors (Lipinski definition) is 3. The van der Waals surface area contributed by atoms with Crippen LogP contribution in [0.2, 0.25) is 5.02 Å². The number of benzene rings is 1. The first kappa shape index (κ1) is 13.7. The quantitative estimate of drug-likeness (QED) is 0.864. The van der Waals surface area contributed by atoms with Crippen LogP contribution in [-0.4, -0.2) is 24.4 Å². The molecule has 1 aliphatic carbocycles. The summed E-state index contributed by atoms with van der Waals surface area (Å²) in [5.41, 5.74) is 0.378. The van der Waals surface area contributed by atoms with Gasteiger partial charge in [-0.15, -0.1) is 0 Å². The summed E-state index contributed by atoms with van der Waals surface area (Å²) in [5, 5.41) is 14.1. The van der Waals surface area contributed by atoms with Crippen LogP contribution in [0.3, 0.4) is 0 Å². The Balaban J connectivity index is 2.03. The van der Waals surface area contributed by atoms with Crippen molar-refractivity contribution in [2.45, 2.75) is 37.8 Å². The zero-order valence-corrected chi connectivity index (χ0v) is 11.5. The van der Waals surface area contributed by atoms with Gasteiger partial charge < -0.3 is 15.2 Å². The van der Waals surface area contributed by atoms with E-state index < -0.39 is 5.60 Å². The van der Waals surface area contributed by atoms with E-state index in [1.54, 1.807) is 0 Å². The lowest BCUT2D eigenvalue weighted by molar-refractivity contribution is 0.00112. The maximum atomic E-state index is 10.3. The van der Waals surface area contributed by atoms with Crippen LogP contribution in [0.25, 0.3) is 0 Å². The number of aliphatic hydroxyl groups is 1. The van der Waals surface area contributed by atoms with Crippen LogP contribution in [0.15, 0.2) is 18.2 Å². The molecule has 0 atom stereocenters. The normalized spacial score (nSPS) is 17.9. The zero-order valence-electron chi connectivity index (χ0n) is 10.7. The maximum absolute atomic E-state index is 10.3. The third kappa shape index (κ3) is 3.37. The lowest BCUT2D eigenvalue weighted by atomic mass is 10.0. The van der Waals surface area contributed by atoms with Crippen molar-refractivity contribution in [3.63, 3.8) is 0 Å². The second kappa shape index (κ2) is 5.91. The topological polar surface area (TPSA) is 41.5 Å². The van der Waals surface area contributed by atoms with E-state index >= 15 is 0 Å². The molecule has 0 radical (unpaired) electrons. The molecule has 0 saturated heterocycles. The molecule has 1 aromatic rings. The van der Waals surface area contributed by atoms with Gasteiger partial charge in [-0.3, -0.25) is 0 Å². The van der Waals surface area contributed by atoms with Crippen molar-refractivity contribution in [1.29, 1.82) is 0 Å². The first-order valence-corrected chi connectivity index (χ1v) is 6.79. The van der Waals surface area contributed by atoms with Crippen LogP contribution in [0, 0.1) is 0 Å². The van der Waals surface area contributed by atoms with Gasteiger partial charge in [0, 0.05) is 17.1 Å². The highest BCUT2D eigenvalue weighted by atomic mass is 35.5. The molecule has 2 rings (SSSR count). The van der Waals surface area contributed by atoms with E-state index in [1.165, 1.54) is 0 Å². The highest BCUT2D eigenvalue weighted by Crippen LogP contribution is 2.31. The van der Waals surface area contributed by atoms with Crippen molar-refractivity contribution < 1.29 is 9.84 Å². The number of nitrogens with one attached hydrogen (secondary N) is 1. The van der Waals surface area contributed by atoms with Crippen LogP contribution in [-0.2, 0) is 6.54 Å². The number of hydrogen-bond donors (Lipinski definition) is 2. The van der Waals surface area contributed by atoms with E-state index in [2.05, 4.69) is 5.32 Å². The third-order valence-corrected chi connectivity index (χ3v) is 3.66. The molecule has 0 heterocycles. The predicted molar refractivity (Wildman–Crippen MR) is 73.1 cm³/mol. The summed E-state index contributed by atoms with van der Waals surface area (Å²) in [5.74, 6) is 0.800. The Kier molecular flexibility index (Phi) is 4.49. The van der Waals surface area contributed by atoms with Crippen LogP contribution < -0.4 is 10.1 Å². The van der Waals surface area contributed by atoms with E-state index in [1.807, 2.05) is 25.2 Å². The second-order valence-electron chi connectivity index (χ2n) is 5.00. The summed E-state index contributed by atoms with van der Waals surface area (Å²) in [6.07, 6.45) is 3.84. The van der Waals surface area contributed by atoms with Crippen LogP contribution in [0.4, 0.5) is 0 Å². The minimum Gasteiger partial charge on any atom is -0.490 e. The largest absolute Gasteiger partial charge is 0.490 e. The van der Waals surface area contributed by atoms with Gasteiger partial charge in [-0.1, -0.05) is 24.4 Å². The van der Waals surface area contributed by atoms with Crippen LogP contribution in [0.1, 0.15) is 31.2 Å². The van der Waals surface area contributed by atoms with Gasteiger partial charge in [0.25, 0.3) is 0 Å². The van der Waals surface area contributed by atoms with Gasteiger partial charge in [-0.25, -0.2) is 0 Å². The minimum absolute atomic E-state index is 0.366. The summed E-state index contributed by atoms with van der Waals surface area (Å²) in [4.78, 5) is 0. The Labute approximate surface area is 113 Å². The molecular weight excluding hydrogens is 250 g/mol. The SMILES string of the molecule is CNCc1cc(Cl)ccc1OCC1(O)CCCC1. The van der Waals surface area contributed by atoms with Crippen molar-refractivity contribution in [3.8, 4) is 5.75 Å². The standard InChI is InChI=1S/C14H20ClNO2/c1-16-9-11-8-12(15)4-5-13(11)18-10-14(17)6-2-3-7-14/h4-5,8,16-17H,2-3,6-7,9-10H2,1H3. The molecule has 1 fully saturated rings. The van der Waals surface area contributed by atoms with Gasteiger partial charge in [0.05, 0.1) is 5.60 Å². The summed E-state index contributed by atoms with van der Waals surface area (Å²) < 4.78 is 5.78. The number of rotatable bonds is 5. The Morgan fingerprint density at radius 2 is 2.11 bits per heavy atom. The highest BCUT2D eigenvalue weighted by Gasteiger charge is 2.32. The molecule has 0 bridgehead atoms. The van der Waals surface area contributed by atoms with E-state index in [0.717, 1.165) is 37.0 Å². The van der Waals surface area contributed by atoms with E-state index in [9.17, 15) is 5.11 Å². The van der Waals surface area contributed by atoms with Crippen molar-refractivity contribution >= 4 is 11.6 Å². The zero-order chi connectivity index (χ0) is 13.0. The highest BCUT2D eigenvalue weighted by molar-refractivity contribution is 6.30. The van der Waals surface area contributed by atoms with E-state index in [4.69, 9.17) is 16.3 Å². The molecule has 1 aliphatic rings. The lowest BCUT2D eigenvalue weighted by Crippen LogP contribution is -2.32. The number of ether oxygens (including phenoxy) is 1. The fourth-order valence-corrected chi connectivity index (χ4v) is 2.60. The maximum Gasteiger partial charge on any atom is 0.124 e. The molecule has 100 valence electrons. The fourth-order valence-electron chi connectivity index (χ4n) is 2.41. The van der Waals surface area contributed by atoms with Crippen molar-refractivity contribution in [1.82, 2.24) is 5.32 Å². The van der Waals surface area contributed by atoms with Crippen molar-refractivity contribution in [2.75, 3.05) is 13.7 Å². The molecule has 2 N–H and O–H groups in total. The molecule has 0 aliphatic heterocycles. The average molecular weight is 270 g/mol. The van der Waals surface area contributed by atoms with E-state index in [0.29, 0.717) is 18.2 Å². The third-order valence-electron chi connectivity index (χ3n) is 3.42. The minimum atomic E-state index is -0.642. The van der Waals surface area contributed by atoms with Crippen molar-refractivity contribution in [2.24, 2.45) is 0 Å². The molecule has 1 saturated carbocycles. The first-order chi connectivity index (χ1) is 8.63. The average Bonchev–Trinajstić information content (AvgIpc) is 2.76. The molecule has 18 heavy (non-hydrogen) atoms. The van der Waals surface area contributed by atoms with E-state index in [-0.39, 0.29) is 0 Å². The monoisotopic (exact) mass is 269 g/mol. The second-order valence-corrected chi connectivity index (χ2v) is 5.44. The first-order valence-electron chi connectivity index (χ1n) is 6.41. The Morgan fingerprint density at radius 3 is 2.78 bits per heavy atom. The van der Waals surface area contributed by atoms with Gasteiger partial charge in [0.1, 0.15) is 12.4 Å². The Morgan fingerprint density at radius 1 is 1.39 bits per heavy atom. The number of halogens is 1. The van der Waals surface area contributed by atoms with Gasteiger partial charge >= 0.3 is 0 Å². The van der Waals surface area contributed by atoms with Gasteiger partial charge in [0.2, 0.25) is 0 Å². The molecule has 0 unspecified atom stereocenters. The Hall–Kier alpha value is -0.770. The molecular formula is C14H20ClNO2.